The van der Waals surface area contributed by atoms with E-state index in [0.29, 0.717) is 0 Å². The first-order valence-corrected chi connectivity index (χ1v) is 9.29. The third-order valence-electron chi connectivity index (χ3n) is 4.21. The molecule has 0 aliphatic heterocycles. The summed E-state index contributed by atoms with van der Waals surface area (Å²) in [5.74, 6) is -3.70. The molecule has 0 saturated carbocycles. The standard InChI is InChI=1S/C19H28N4O7/c1-10(2)16(18(28)22-14(9-24)19(29)30)23-15(26)8-21-17(27)13(20)7-11-3-5-12(25)6-4-11/h3-6,10,13-14,16,24-25H,7-9,20H2,1-2H3,(H,21,27)(H,22,28)(H,23,26)(H,29,30). The predicted molar refractivity (Wildman–Crippen MR) is 106 cm³/mol. The van der Waals surface area contributed by atoms with Crippen LogP contribution >= 0.6 is 0 Å². The minimum absolute atomic E-state index is 0.0888. The summed E-state index contributed by atoms with van der Waals surface area (Å²) in [6.07, 6.45) is 0.197. The van der Waals surface area contributed by atoms with Crippen LogP contribution < -0.4 is 21.7 Å². The number of carboxylic acids is 1. The Labute approximate surface area is 173 Å². The van der Waals surface area contributed by atoms with E-state index < -0.39 is 55.0 Å². The van der Waals surface area contributed by atoms with Crippen molar-refractivity contribution in [3.63, 3.8) is 0 Å². The first kappa shape index (κ1) is 24.9. The average molecular weight is 424 g/mol. The molecule has 0 heterocycles. The van der Waals surface area contributed by atoms with E-state index in [-0.39, 0.29) is 18.1 Å². The van der Waals surface area contributed by atoms with Gasteiger partial charge >= 0.3 is 5.97 Å². The summed E-state index contributed by atoms with van der Waals surface area (Å²) >= 11 is 0. The number of carbonyl (C=O) groups is 4. The number of carboxylic acid groups (broad SMARTS) is 1. The Kier molecular flexibility index (Phi) is 9.72. The van der Waals surface area contributed by atoms with E-state index in [1.165, 1.54) is 12.1 Å². The maximum Gasteiger partial charge on any atom is 0.328 e. The van der Waals surface area contributed by atoms with Gasteiger partial charge < -0.3 is 37.0 Å². The van der Waals surface area contributed by atoms with E-state index in [0.717, 1.165) is 5.56 Å². The van der Waals surface area contributed by atoms with Gasteiger partial charge in [-0.25, -0.2) is 4.79 Å². The molecule has 3 unspecified atom stereocenters. The Bertz CT molecular complexity index is 752. The highest BCUT2D eigenvalue weighted by molar-refractivity contribution is 5.92. The predicted octanol–water partition coefficient (Wildman–Crippen LogP) is -1.92. The lowest BCUT2D eigenvalue weighted by Crippen LogP contribution is -2.56. The molecule has 0 saturated heterocycles. The van der Waals surface area contributed by atoms with Crippen molar-refractivity contribution in [2.24, 2.45) is 11.7 Å². The number of hydrogen-bond donors (Lipinski definition) is 7. The van der Waals surface area contributed by atoms with Crippen LogP contribution in [0.2, 0.25) is 0 Å². The fraction of sp³-hybridized carbons (Fsp3) is 0.474. The van der Waals surface area contributed by atoms with Crippen molar-refractivity contribution in [3.05, 3.63) is 29.8 Å². The molecule has 8 N–H and O–H groups in total. The Morgan fingerprint density at radius 2 is 1.63 bits per heavy atom. The van der Waals surface area contributed by atoms with Crippen LogP contribution in [0.15, 0.2) is 24.3 Å². The van der Waals surface area contributed by atoms with Gasteiger partial charge in [0.25, 0.3) is 0 Å². The molecule has 0 fully saturated rings. The molecule has 1 rings (SSSR count). The monoisotopic (exact) mass is 424 g/mol. The maximum absolute atomic E-state index is 12.2. The van der Waals surface area contributed by atoms with Crippen LogP contribution in [-0.4, -0.2) is 70.3 Å². The molecule has 11 heteroatoms. The summed E-state index contributed by atoms with van der Waals surface area (Å²) in [5, 5.41) is 34.1. The van der Waals surface area contributed by atoms with E-state index in [4.69, 9.17) is 15.9 Å². The van der Waals surface area contributed by atoms with Crippen LogP contribution in [-0.2, 0) is 25.6 Å². The van der Waals surface area contributed by atoms with Crippen molar-refractivity contribution in [2.45, 2.75) is 38.4 Å². The van der Waals surface area contributed by atoms with Crippen LogP contribution in [0.3, 0.4) is 0 Å². The lowest BCUT2D eigenvalue weighted by Gasteiger charge is -2.23. The third-order valence-corrected chi connectivity index (χ3v) is 4.21. The summed E-state index contributed by atoms with van der Waals surface area (Å²) in [4.78, 5) is 47.4. The fourth-order valence-corrected chi connectivity index (χ4v) is 2.48. The van der Waals surface area contributed by atoms with Crippen molar-refractivity contribution < 1.29 is 34.5 Å². The number of hydrogen-bond acceptors (Lipinski definition) is 7. The van der Waals surface area contributed by atoms with Crippen molar-refractivity contribution in [2.75, 3.05) is 13.2 Å². The van der Waals surface area contributed by atoms with E-state index in [1.807, 2.05) is 0 Å². The van der Waals surface area contributed by atoms with Gasteiger partial charge in [-0.2, -0.15) is 0 Å². The van der Waals surface area contributed by atoms with E-state index in [2.05, 4.69) is 16.0 Å². The van der Waals surface area contributed by atoms with Crippen LogP contribution in [0.4, 0.5) is 0 Å². The quantitative estimate of drug-likeness (QED) is 0.214. The molecule has 1 aromatic carbocycles. The second-order valence-electron chi connectivity index (χ2n) is 7.07. The smallest absolute Gasteiger partial charge is 0.328 e. The zero-order valence-electron chi connectivity index (χ0n) is 16.8. The highest BCUT2D eigenvalue weighted by Gasteiger charge is 2.28. The number of aliphatic carboxylic acids is 1. The number of carbonyl (C=O) groups excluding carboxylic acids is 3. The van der Waals surface area contributed by atoms with E-state index >= 15 is 0 Å². The normalized spacial score (nSPS) is 13.8. The number of phenols is 1. The Balaban J connectivity index is 2.56. The zero-order valence-corrected chi connectivity index (χ0v) is 16.8. The van der Waals surface area contributed by atoms with Crippen LogP contribution in [0.5, 0.6) is 5.75 Å². The summed E-state index contributed by atoms with van der Waals surface area (Å²) in [5.41, 5.74) is 6.55. The maximum atomic E-state index is 12.2. The molecule has 3 amide bonds. The molecule has 11 nitrogen and oxygen atoms in total. The minimum Gasteiger partial charge on any atom is -0.508 e. The van der Waals surface area contributed by atoms with Crippen LogP contribution in [0.1, 0.15) is 19.4 Å². The first-order chi connectivity index (χ1) is 14.0. The molecular weight excluding hydrogens is 396 g/mol. The van der Waals surface area contributed by atoms with Gasteiger partial charge in [0.15, 0.2) is 0 Å². The Hall–Kier alpha value is -3.18. The van der Waals surface area contributed by atoms with Crippen molar-refractivity contribution in [1.29, 1.82) is 0 Å². The second-order valence-corrected chi connectivity index (χ2v) is 7.07. The number of aliphatic hydroxyl groups is 1. The van der Waals surface area contributed by atoms with Gasteiger partial charge in [-0.05, 0) is 30.0 Å². The number of nitrogens with two attached hydrogens (primary N) is 1. The van der Waals surface area contributed by atoms with Gasteiger partial charge in [0, 0.05) is 0 Å². The lowest BCUT2D eigenvalue weighted by atomic mass is 10.0. The molecule has 30 heavy (non-hydrogen) atoms. The Morgan fingerprint density at radius 1 is 1.03 bits per heavy atom. The van der Waals surface area contributed by atoms with Gasteiger partial charge in [-0.3, -0.25) is 14.4 Å². The third kappa shape index (κ3) is 8.05. The summed E-state index contributed by atoms with van der Waals surface area (Å²) in [6, 6.07) is 2.70. The second kappa shape index (κ2) is 11.7. The number of rotatable bonds is 11. The molecule has 0 aliphatic carbocycles. The Morgan fingerprint density at radius 3 is 2.13 bits per heavy atom. The highest BCUT2D eigenvalue weighted by atomic mass is 16.4. The number of aromatic hydroxyl groups is 1. The fourth-order valence-electron chi connectivity index (χ4n) is 2.48. The van der Waals surface area contributed by atoms with E-state index in [9.17, 15) is 24.3 Å². The number of amides is 3. The zero-order chi connectivity index (χ0) is 22.8. The van der Waals surface area contributed by atoms with Gasteiger partial charge in [0.2, 0.25) is 17.7 Å². The summed E-state index contributed by atoms with van der Waals surface area (Å²) < 4.78 is 0. The van der Waals surface area contributed by atoms with Crippen molar-refractivity contribution in [3.8, 4) is 5.75 Å². The molecule has 166 valence electrons. The highest BCUT2D eigenvalue weighted by Crippen LogP contribution is 2.10. The number of phenolic OH excluding ortho intramolecular Hbond substituents is 1. The van der Waals surface area contributed by atoms with Crippen molar-refractivity contribution >= 4 is 23.7 Å². The number of benzene rings is 1. The molecule has 0 spiro atoms. The van der Waals surface area contributed by atoms with Crippen LogP contribution in [0.25, 0.3) is 0 Å². The molecular formula is C19H28N4O7. The molecule has 0 aliphatic rings. The summed E-state index contributed by atoms with van der Waals surface area (Å²) in [7, 11) is 0. The average Bonchev–Trinajstić information content (AvgIpc) is 2.69. The largest absolute Gasteiger partial charge is 0.508 e. The molecule has 0 radical (unpaired) electrons. The SMILES string of the molecule is CC(C)C(NC(=O)CNC(=O)C(N)Cc1ccc(O)cc1)C(=O)NC(CO)C(=O)O. The van der Waals surface area contributed by atoms with Gasteiger partial charge in [-0.15, -0.1) is 0 Å². The van der Waals surface area contributed by atoms with Gasteiger partial charge in [0.1, 0.15) is 17.8 Å². The van der Waals surface area contributed by atoms with E-state index in [1.54, 1.807) is 26.0 Å². The minimum atomic E-state index is -1.49. The first-order valence-electron chi connectivity index (χ1n) is 9.29. The van der Waals surface area contributed by atoms with Crippen molar-refractivity contribution in [1.82, 2.24) is 16.0 Å². The number of nitrogens with one attached hydrogen (secondary N) is 3. The van der Waals surface area contributed by atoms with Gasteiger partial charge in [-0.1, -0.05) is 26.0 Å². The molecule has 0 aromatic heterocycles. The molecule has 0 bridgehead atoms. The lowest BCUT2D eigenvalue weighted by molar-refractivity contribution is -0.143. The topological polar surface area (TPSA) is 191 Å². The van der Waals surface area contributed by atoms with Gasteiger partial charge in [0.05, 0.1) is 19.2 Å². The van der Waals surface area contributed by atoms with Crippen LogP contribution in [0, 0.1) is 5.92 Å². The summed E-state index contributed by atoms with van der Waals surface area (Å²) in [6.45, 7) is 2.06. The molecule has 3 atom stereocenters. The number of aliphatic hydroxyl groups excluding tert-OH is 1. The molecule has 1 aromatic rings.